The van der Waals surface area contributed by atoms with Gasteiger partial charge in [-0.25, -0.2) is 9.37 Å². The summed E-state index contributed by atoms with van der Waals surface area (Å²) in [6, 6.07) is 10.3. The van der Waals surface area contributed by atoms with Crippen LogP contribution in [0.15, 0.2) is 42.6 Å². The monoisotopic (exact) mass is 385 g/mol. The molecule has 1 atom stereocenters. The Bertz CT molecular complexity index is 795. The minimum atomic E-state index is -0.218. The molecule has 6 heteroatoms. The summed E-state index contributed by atoms with van der Waals surface area (Å²) in [4.78, 5) is 21.5. The van der Waals surface area contributed by atoms with E-state index in [9.17, 15) is 9.18 Å². The third-order valence-electron chi connectivity index (χ3n) is 5.30. The third-order valence-corrected chi connectivity index (χ3v) is 5.30. The lowest BCUT2D eigenvalue weighted by Crippen LogP contribution is -2.45. The first-order valence-corrected chi connectivity index (χ1v) is 9.75. The normalized spacial score (nSPS) is 18.2. The first-order chi connectivity index (χ1) is 13.5. The smallest absolute Gasteiger partial charge is 0.254 e. The molecule has 1 aromatic heterocycles. The number of hydrogen-bond donors (Lipinski definition) is 0. The zero-order valence-electron chi connectivity index (χ0n) is 16.8. The van der Waals surface area contributed by atoms with Gasteiger partial charge in [-0.3, -0.25) is 9.69 Å². The van der Waals surface area contributed by atoms with Crippen molar-refractivity contribution in [1.82, 2.24) is 14.8 Å². The molecule has 3 rings (SSSR count). The van der Waals surface area contributed by atoms with Gasteiger partial charge in [0.25, 0.3) is 5.91 Å². The molecule has 5 nitrogen and oxygen atoms in total. The second-order valence-electron chi connectivity index (χ2n) is 7.60. The van der Waals surface area contributed by atoms with E-state index in [0.29, 0.717) is 30.5 Å². The van der Waals surface area contributed by atoms with Crippen molar-refractivity contribution in [2.24, 2.45) is 5.92 Å². The molecule has 1 aliphatic rings. The number of pyridine rings is 1. The molecule has 1 aromatic carbocycles. The number of halogens is 1. The van der Waals surface area contributed by atoms with Gasteiger partial charge in [-0.1, -0.05) is 26.0 Å². The molecule has 1 fully saturated rings. The Kier molecular flexibility index (Phi) is 6.62. The minimum Gasteiger partial charge on any atom is -0.481 e. The highest BCUT2D eigenvalue weighted by Crippen LogP contribution is 2.22. The largest absolute Gasteiger partial charge is 0.481 e. The molecule has 0 radical (unpaired) electrons. The molecular weight excluding hydrogens is 357 g/mol. The maximum absolute atomic E-state index is 13.2. The lowest BCUT2D eigenvalue weighted by molar-refractivity contribution is 0.0702. The van der Waals surface area contributed by atoms with Gasteiger partial charge in [0.05, 0.1) is 7.11 Å². The quantitative estimate of drug-likeness (QED) is 0.789. The summed E-state index contributed by atoms with van der Waals surface area (Å²) in [5, 5.41) is 0. The summed E-state index contributed by atoms with van der Waals surface area (Å²) < 4.78 is 18.4. The summed E-state index contributed by atoms with van der Waals surface area (Å²) in [6.07, 6.45) is 2.50. The van der Waals surface area contributed by atoms with Crippen molar-refractivity contribution in [1.29, 1.82) is 0 Å². The number of benzene rings is 1. The average molecular weight is 385 g/mol. The molecule has 1 amide bonds. The SMILES string of the molecule is COc1cc(C(=O)N2CCCN(Cc3ccc(F)cc3)C(C(C)C)C2)ccn1. The van der Waals surface area contributed by atoms with E-state index in [1.807, 2.05) is 17.0 Å². The third kappa shape index (κ3) is 4.87. The van der Waals surface area contributed by atoms with Crippen molar-refractivity contribution in [3.05, 3.63) is 59.5 Å². The van der Waals surface area contributed by atoms with Crippen LogP contribution in [0.25, 0.3) is 0 Å². The van der Waals surface area contributed by atoms with E-state index in [-0.39, 0.29) is 17.8 Å². The fourth-order valence-corrected chi connectivity index (χ4v) is 3.74. The number of rotatable bonds is 5. The first-order valence-electron chi connectivity index (χ1n) is 9.75. The van der Waals surface area contributed by atoms with Crippen LogP contribution in [-0.4, -0.2) is 53.5 Å². The fourth-order valence-electron chi connectivity index (χ4n) is 3.74. The van der Waals surface area contributed by atoms with Gasteiger partial charge in [-0.2, -0.15) is 0 Å². The molecule has 1 unspecified atom stereocenters. The van der Waals surface area contributed by atoms with Gasteiger partial charge >= 0.3 is 0 Å². The molecule has 2 heterocycles. The Balaban J connectivity index is 1.76. The molecule has 0 spiro atoms. The second kappa shape index (κ2) is 9.15. The number of carbonyl (C=O) groups is 1. The average Bonchev–Trinajstić information content (AvgIpc) is 2.92. The highest BCUT2D eigenvalue weighted by atomic mass is 19.1. The summed E-state index contributed by atoms with van der Waals surface area (Å²) in [6.45, 7) is 7.42. The van der Waals surface area contributed by atoms with Crippen molar-refractivity contribution in [2.75, 3.05) is 26.7 Å². The van der Waals surface area contributed by atoms with Gasteiger partial charge in [0, 0.05) is 50.0 Å². The number of hydrogen-bond acceptors (Lipinski definition) is 4. The standard InChI is InChI=1S/C22H28FN3O2/c1-16(2)20-15-26(22(27)18-9-10-24-21(13-18)28-3)12-4-11-25(20)14-17-5-7-19(23)8-6-17/h5-10,13,16,20H,4,11-12,14-15H2,1-3H3. The first kappa shape index (κ1) is 20.3. The van der Waals surface area contributed by atoms with E-state index in [4.69, 9.17) is 4.74 Å². The van der Waals surface area contributed by atoms with E-state index < -0.39 is 0 Å². The Labute approximate surface area is 166 Å². The molecule has 1 aliphatic heterocycles. The molecule has 0 bridgehead atoms. The van der Waals surface area contributed by atoms with Crippen molar-refractivity contribution < 1.29 is 13.9 Å². The van der Waals surface area contributed by atoms with E-state index in [0.717, 1.165) is 25.1 Å². The number of aromatic nitrogens is 1. The van der Waals surface area contributed by atoms with E-state index >= 15 is 0 Å². The molecule has 0 aliphatic carbocycles. The van der Waals surface area contributed by atoms with Crippen LogP contribution in [0.3, 0.4) is 0 Å². The van der Waals surface area contributed by atoms with Gasteiger partial charge in [0.15, 0.2) is 0 Å². The maximum Gasteiger partial charge on any atom is 0.254 e. The molecule has 2 aromatic rings. The van der Waals surface area contributed by atoms with Crippen LogP contribution in [-0.2, 0) is 6.54 Å². The molecule has 28 heavy (non-hydrogen) atoms. The summed E-state index contributed by atoms with van der Waals surface area (Å²) >= 11 is 0. The number of methoxy groups -OCH3 is 1. The van der Waals surface area contributed by atoms with Gasteiger partial charge in [0.1, 0.15) is 5.82 Å². The predicted octanol–water partition coefficient (Wildman–Crippen LogP) is 3.60. The van der Waals surface area contributed by atoms with Gasteiger partial charge in [0.2, 0.25) is 5.88 Å². The van der Waals surface area contributed by atoms with Gasteiger partial charge < -0.3 is 9.64 Å². The van der Waals surface area contributed by atoms with Crippen molar-refractivity contribution in [3.63, 3.8) is 0 Å². The highest BCUT2D eigenvalue weighted by molar-refractivity contribution is 5.94. The predicted molar refractivity (Wildman–Crippen MR) is 107 cm³/mol. The van der Waals surface area contributed by atoms with E-state index in [2.05, 4.69) is 23.7 Å². The molecule has 150 valence electrons. The zero-order chi connectivity index (χ0) is 20.1. The van der Waals surface area contributed by atoms with Crippen LogP contribution in [0.1, 0.15) is 36.2 Å². The number of carbonyl (C=O) groups excluding carboxylic acids is 1. The lowest BCUT2D eigenvalue weighted by atomic mass is 10.0. The number of nitrogens with zero attached hydrogens (tertiary/aromatic N) is 3. The molecule has 0 N–H and O–H groups in total. The van der Waals surface area contributed by atoms with E-state index in [1.165, 1.54) is 12.1 Å². The van der Waals surface area contributed by atoms with E-state index in [1.54, 1.807) is 25.4 Å². The summed E-state index contributed by atoms with van der Waals surface area (Å²) in [7, 11) is 1.55. The van der Waals surface area contributed by atoms with Crippen LogP contribution in [0, 0.1) is 11.7 Å². The Morgan fingerprint density at radius 3 is 2.68 bits per heavy atom. The van der Waals surface area contributed by atoms with Crippen molar-refractivity contribution in [3.8, 4) is 5.88 Å². The van der Waals surface area contributed by atoms with Crippen LogP contribution in [0.5, 0.6) is 5.88 Å². The highest BCUT2D eigenvalue weighted by Gasteiger charge is 2.30. The lowest BCUT2D eigenvalue weighted by Gasteiger charge is -2.34. The van der Waals surface area contributed by atoms with Crippen LogP contribution in [0.4, 0.5) is 4.39 Å². The number of amides is 1. The number of ether oxygens (including phenoxy) is 1. The maximum atomic E-state index is 13.2. The van der Waals surface area contributed by atoms with Gasteiger partial charge in [-0.05, 0) is 36.1 Å². The fraction of sp³-hybridized carbons (Fsp3) is 0.455. The van der Waals surface area contributed by atoms with Crippen molar-refractivity contribution >= 4 is 5.91 Å². The Morgan fingerprint density at radius 1 is 1.25 bits per heavy atom. The van der Waals surface area contributed by atoms with Crippen LogP contribution >= 0.6 is 0 Å². The zero-order valence-corrected chi connectivity index (χ0v) is 16.8. The molecule has 0 saturated carbocycles. The second-order valence-corrected chi connectivity index (χ2v) is 7.60. The summed E-state index contributed by atoms with van der Waals surface area (Å²) in [5.41, 5.74) is 1.69. The van der Waals surface area contributed by atoms with Crippen LogP contribution < -0.4 is 4.74 Å². The molecular formula is C22H28FN3O2. The van der Waals surface area contributed by atoms with Gasteiger partial charge in [-0.15, -0.1) is 0 Å². The topological polar surface area (TPSA) is 45.7 Å². The Morgan fingerprint density at radius 2 is 2.00 bits per heavy atom. The molecule has 1 saturated heterocycles. The summed E-state index contributed by atoms with van der Waals surface area (Å²) in [5.74, 6) is 0.624. The Hall–Kier alpha value is -2.47. The minimum absolute atomic E-state index is 0.00924. The van der Waals surface area contributed by atoms with Crippen LogP contribution in [0.2, 0.25) is 0 Å². The van der Waals surface area contributed by atoms with Crippen molar-refractivity contribution in [2.45, 2.75) is 32.9 Å².